The molecule has 2 amide bonds. The standard InChI is InChI=1S/C28H27N5O4/c1-18-10-12-23(19(2)15-18)33(26(34)17-32-24-9-5-4-8-22(24)30-31-32)27(25-13-11-20(3)37-25)28(35)29-16-21-7-6-14-36-21/h4-15,27H,16-17H2,1-3H3,(H,29,35). The quantitative estimate of drug-likeness (QED) is 0.335. The fourth-order valence-corrected chi connectivity index (χ4v) is 4.39. The van der Waals surface area contributed by atoms with Gasteiger partial charge >= 0.3 is 0 Å². The lowest BCUT2D eigenvalue weighted by Crippen LogP contribution is -2.45. The summed E-state index contributed by atoms with van der Waals surface area (Å²) in [5.74, 6) is 0.846. The lowest BCUT2D eigenvalue weighted by molar-refractivity contribution is -0.127. The van der Waals surface area contributed by atoms with Gasteiger partial charge in [0.2, 0.25) is 5.91 Å². The number of benzene rings is 2. The number of fused-ring (bicyclic) bond motifs is 1. The van der Waals surface area contributed by atoms with Crippen molar-refractivity contribution >= 4 is 28.5 Å². The van der Waals surface area contributed by atoms with Gasteiger partial charge < -0.3 is 14.2 Å². The van der Waals surface area contributed by atoms with E-state index in [4.69, 9.17) is 8.83 Å². The number of hydrogen-bond donors (Lipinski definition) is 1. The molecule has 188 valence electrons. The van der Waals surface area contributed by atoms with E-state index in [2.05, 4.69) is 15.6 Å². The van der Waals surface area contributed by atoms with Gasteiger partial charge in [-0.05, 0) is 68.8 Å². The van der Waals surface area contributed by atoms with E-state index in [9.17, 15) is 9.59 Å². The fraction of sp³-hybridized carbons (Fsp3) is 0.214. The second kappa shape index (κ2) is 10.1. The second-order valence-corrected chi connectivity index (χ2v) is 8.94. The largest absolute Gasteiger partial charge is 0.467 e. The lowest BCUT2D eigenvalue weighted by Gasteiger charge is -2.31. The summed E-state index contributed by atoms with van der Waals surface area (Å²) in [5, 5.41) is 11.2. The molecule has 0 fully saturated rings. The first kappa shape index (κ1) is 24.1. The summed E-state index contributed by atoms with van der Waals surface area (Å²) in [6.07, 6.45) is 1.54. The van der Waals surface area contributed by atoms with Crippen LogP contribution in [0.5, 0.6) is 0 Å². The van der Waals surface area contributed by atoms with E-state index in [1.165, 1.54) is 4.90 Å². The Bertz CT molecular complexity index is 1550. The van der Waals surface area contributed by atoms with E-state index in [1.54, 1.807) is 42.1 Å². The van der Waals surface area contributed by atoms with Gasteiger partial charge in [-0.2, -0.15) is 0 Å². The molecule has 0 saturated carbocycles. The predicted octanol–water partition coefficient (Wildman–Crippen LogP) is 4.63. The molecule has 0 spiro atoms. The Morgan fingerprint density at radius 1 is 1.03 bits per heavy atom. The normalized spacial score (nSPS) is 12.0. The van der Waals surface area contributed by atoms with Crippen LogP contribution in [0.2, 0.25) is 0 Å². The maximum Gasteiger partial charge on any atom is 0.251 e. The van der Waals surface area contributed by atoms with Crippen LogP contribution >= 0.6 is 0 Å². The average Bonchev–Trinajstić information content (AvgIpc) is 3.64. The number of furan rings is 2. The summed E-state index contributed by atoms with van der Waals surface area (Å²) < 4.78 is 12.8. The highest BCUT2D eigenvalue weighted by Gasteiger charge is 2.36. The van der Waals surface area contributed by atoms with Crippen LogP contribution in [0.25, 0.3) is 11.0 Å². The number of hydrogen-bond acceptors (Lipinski definition) is 6. The molecule has 3 aromatic heterocycles. The SMILES string of the molecule is Cc1ccc(N(C(=O)Cn2nnc3ccccc32)C(C(=O)NCc2ccco2)c2ccc(C)o2)c(C)c1. The van der Waals surface area contributed by atoms with Gasteiger partial charge in [-0.1, -0.05) is 35.0 Å². The maximum atomic E-state index is 14.0. The molecule has 9 nitrogen and oxygen atoms in total. The molecule has 9 heteroatoms. The summed E-state index contributed by atoms with van der Waals surface area (Å²) >= 11 is 0. The van der Waals surface area contributed by atoms with Gasteiger partial charge in [-0.3, -0.25) is 14.5 Å². The van der Waals surface area contributed by atoms with Crippen molar-refractivity contribution in [1.29, 1.82) is 0 Å². The summed E-state index contributed by atoms with van der Waals surface area (Å²) in [6, 6.07) is 19.1. The molecule has 2 aromatic carbocycles. The first-order valence-corrected chi connectivity index (χ1v) is 11.9. The van der Waals surface area contributed by atoms with E-state index in [0.717, 1.165) is 16.6 Å². The van der Waals surface area contributed by atoms with E-state index in [-0.39, 0.29) is 19.0 Å². The number of aryl methyl sites for hydroxylation is 3. The number of nitrogens with zero attached hydrogens (tertiary/aromatic N) is 4. The summed E-state index contributed by atoms with van der Waals surface area (Å²) in [4.78, 5) is 29.3. The van der Waals surface area contributed by atoms with Crippen LogP contribution in [0.1, 0.15) is 34.4 Å². The minimum absolute atomic E-state index is 0.116. The van der Waals surface area contributed by atoms with E-state index < -0.39 is 11.9 Å². The minimum atomic E-state index is -1.06. The third kappa shape index (κ3) is 5.02. The van der Waals surface area contributed by atoms with Crippen molar-refractivity contribution in [2.75, 3.05) is 4.90 Å². The van der Waals surface area contributed by atoms with Gasteiger partial charge in [0.25, 0.3) is 5.91 Å². The molecule has 0 bridgehead atoms. The number of anilines is 1. The average molecular weight is 498 g/mol. The van der Waals surface area contributed by atoms with Crippen molar-refractivity contribution in [3.05, 3.63) is 101 Å². The van der Waals surface area contributed by atoms with Crippen molar-refractivity contribution in [2.24, 2.45) is 0 Å². The number of aromatic nitrogens is 3. The minimum Gasteiger partial charge on any atom is -0.467 e. The highest BCUT2D eigenvalue weighted by molar-refractivity contribution is 6.01. The molecule has 0 aliphatic heterocycles. The highest BCUT2D eigenvalue weighted by atomic mass is 16.3. The first-order chi connectivity index (χ1) is 17.9. The highest BCUT2D eigenvalue weighted by Crippen LogP contribution is 2.32. The van der Waals surface area contributed by atoms with Crippen molar-refractivity contribution in [3.63, 3.8) is 0 Å². The lowest BCUT2D eigenvalue weighted by atomic mass is 10.1. The summed E-state index contributed by atoms with van der Waals surface area (Å²) in [6.45, 7) is 5.75. The maximum absolute atomic E-state index is 14.0. The van der Waals surface area contributed by atoms with Gasteiger partial charge in [0.1, 0.15) is 29.3 Å². The zero-order valence-electron chi connectivity index (χ0n) is 20.8. The topological polar surface area (TPSA) is 106 Å². The van der Waals surface area contributed by atoms with Crippen molar-refractivity contribution in [2.45, 2.75) is 39.9 Å². The van der Waals surface area contributed by atoms with Crippen LogP contribution in [0.4, 0.5) is 5.69 Å². The summed E-state index contributed by atoms with van der Waals surface area (Å²) in [5.41, 5.74) is 3.91. The zero-order chi connectivity index (χ0) is 25.9. The van der Waals surface area contributed by atoms with Crippen molar-refractivity contribution in [1.82, 2.24) is 20.3 Å². The molecule has 5 aromatic rings. The van der Waals surface area contributed by atoms with Crippen LogP contribution in [0.3, 0.4) is 0 Å². The van der Waals surface area contributed by atoms with Gasteiger partial charge in [-0.25, -0.2) is 4.68 Å². The first-order valence-electron chi connectivity index (χ1n) is 11.9. The Labute approximate surface area is 213 Å². The van der Waals surface area contributed by atoms with Gasteiger partial charge in [0.15, 0.2) is 6.04 Å². The number of carbonyl (C=O) groups is 2. The third-order valence-electron chi connectivity index (χ3n) is 6.14. The summed E-state index contributed by atoms with van der Waals surface area (Å²) in [7, 11) is 0. The Kier molecular flexibility index (Phi) is 6.59. The van der Waals surface area contributed by atoms with Crippen LogP contribution in [0, 0.1) is 20.8 Å². The molecule has 0 aliphatic carbocycles. The zero-order valence-corrected chi connectivity index (χ0v) is 20.8. The van der Waals surface area contributed by atoms with Crippen LogP contribution in [-0.2, 0) is 22.7 Å². The number of rotatable bonds is 8. The Morgan fingerprint density at radius 3 is 2.59 bits per heavy atom. The van der Waals surface area contributed by atoms with Gasteiger partial charge in [0, 0.05) is 5.69 Å². The van der Waals surface area contributed by atoms with E-state index in [1.807, 2.05) is 56.3 Å². The van der Waals surface area contributed by atoms with Crippen molar-refractivity contribution < 1.29 is 18.4 Å². The number of para-hydroxylation sites is 1. The van der Waals surface area contributed by atoms with Crippen LogP contribution in [0.15, 0.2) is 81.8 Å². The van der Waals surface area contributed by atoms with Gasteiger partial charge in [-0.15, -0.1) is 5.10 Å². The molecule has 37 heavy (non-hydrogen) atoms. The molecule has 0 radical (unpaired) electrons. The van der Waals surface area contributed by atoms with E-state index >= 15 is 0 Å². The monoisotopic (exact) mass is 497 g/mol. The predicted molar refractivity (Wildman–Crippen MR) is 138 cm³/mol. The number of amides is 2. The molecule has 3 heterocycles. The molecule has 5 rings (SSSR count). The Balaban J connectivity index is 1.57. The van der Waals surface area contributed by atoms with Gasteiger partial charge in [0.05, 0.1) is 18.3 Å². The molecule has 1 unspecified atom stereocenters. The molecule has 1 N–H and O–H groups in total. The van der Waals surface area contributed by atoms with Crippen molar-refractivity contribution in [3.8, 4) is 0 Å². The molecular formula is C28H27N5O4. The number of nitrogens with one attached hydrogen (secondary N) is 1. The fourth-order valence-electron chi connectivity index (χ4n) is 4.39. The number of carbonyl (C=O) groups excluding carboxylic acids is 2. The van der Waals surface area contributed by atoms with Crippen LogP contribution < -0.4 is 10.2 Å². The van der Waals surface area contributed by atoms with Crippen LogP contribution in [-0.4, -0.2) is 26.8 Å². The molecule has 0 saturated heterocycles. The van der Waals surface area contributed by atoms with E-state index in [0.29, 0.717) is 28.5 Å². The Morgan fingerprint density at radius 2 is 1.86 bits per heavy atom. The molecule has 0 aliphatic rings. The smallest absolute Gasteiger partial charge is 0.251 e. The molecule has 1 atom stereocenters. The molecular weight excluding hydrogens is 470 g/mol. The second-order valence-electron chi connectivity index (χ2n) is 8.94. The Hall–Kier alpha value is -4.66. The third-order valence-corrected chi connectivity index (χ3v) is 6.14.